The lowest BCUT2D eigenvalue weighted by Gasteiger charge is -2.21. The Morgan fingerprint density at radius 2 is 1.90 bits per heavy atom. The lowest BCUT2D eigenvalue weighted by Crippen LogP contribution is -2.26. The number of aryl methyl sites for hydroxylation is 1. The number of aromatic nitrogens is 5. The summed E-state index contributed by atoms with van der Waals surface area (Å²) in [5.74, 6) is 0.828. The SMILES string of the molecule is Cc1cccc(-c2ncn(CC(F)F)c2-c2ccc3ncc(NC(C)(C)C)n3c2)n1. The minimum absolute atomic E-state index is 0.153. The summed E-state index contributed by atoms with van der Waals surface area (Å²) in [7, 11) is 0. The second-order valence-electron chi connectivity index (χ2n) is 8.31. The van der Waals surface area contributed by atoms with Crippen molar-refractivity contribution in [1.82, 2.24) is 23.9 Å². The van der Waals surface area contributed by atoms with Crippen LogP contribution in [0.4, 0.5) is 14.6 Å². The molecule has 0 atom stereocenters. The van der Waals surface area contributed by atoms with Gasteiger partial charge in [-0.05, 0) is 52.0 Å². The molecule has 1 N–H and O–H groups in total. The molecule has 4 aromatic rings. The van der Waals surface area contributed by atoms with Gasteiger partial charge in [0.2, 0.25) is 0 Å². The molecular formula is C22H24F2N6. The molecule has 0 aliphatic rings. The third-order valence-corrected chi connectivity index (χ3v) is 4.59. The predicted molar refractivity (Wildman–Crippen MR) is 114 cm³/mol. The van der Waals surface area contributed by atoms with Gasteiger partial charge < -0.3 is 9.88 Å². The first-order valence-corrected chi connectivity index (χ1v) is 9.74. The van der Waals surface area contributed by atoms with Gasteiger partial charge in [0.05, 0.1) is 30.5 Å². The third-order valence-electron chi connectivity index (χ3n) is 4.59. The van der Waals surface area contributed by atoms with E-state index in [4.69, 9.17) is 0 Å². The fourth-order valence-corrected chi connectivity index (χ4v) is 3.43. The number of halogens is 2. The number of anilines is 1. The maximum atomic E-state index is 13.3. The number of hydrogen-bond acceptors (Lipinski definition) is 4. The monoisotopic (exact) mass is 410 g/mol. The molecule has 4 heterocycles. The van der Waals surface area contributed by atoms with E-state index >= 15 is 0 Å². The number of hydrogen-bond donors (Lipinski definition) is 1. The topological polar surface area (TPSA) is 60.0 Å². The van der Waals surface area contributed by atoms with Gasteiger partial charge in [0, 0.05) is 23.0 Å². The summed E-state index contributed by atoms with van der Waals surface area (Å²) in [4.78, 5) is 13.4. The van der Waals surface area contributed by atoms with Crippen molar-refractivity contribution in [2.24, 2.45) is 0 Å². The first-order chi connectivity index (χ1) is 14.2. The van der Waals surface area contributed by atoms with E-state index in [1.54, 1.807) is 6.20 Å². The highest BCUT2D eigenvalue weighted by atomic mass is 19.3. The second kappa shape index (κ2) is 7.51. The zero-order valence-corrected chi connectivity index (χ0v) is 17.4. The van der Waals surface area contributed by atoms with Crippen LogP contribution >= 0.6 is 0 Å². The molecule has 0 saturated heterocycles. The van der Waals surface area contributed by atoms with E-state index in [2.05, 4.69) is 41.0 Å². The lowest BCUT2D eigenvalue weighted by molar-refractivity contribution is 0.127. The molecule has 0 amide bonds. The molecule has 0 fully saturated rings. The zero-order valence-electron chi connectivity index (χ0n) is 17.4. The quantitative estimate of drug-likeness (QED) is 0.501. The maximum absolute atomic E-state index is 13.3. The van der Waals surface area contributed by atoms with Crippen molar-refractivity contribution < 1.29 is 8.78 Å². The third kappa shape index (κ3) is 4.03. The summed E-state index contributed by atoms with van der Waals surface area (Å²) >= 11 is 0. The van der Waals surface area contributed by atoms with Crippen LogP contribution in [0, 0.1) is 6.92 Å². The highest BCUT2D eigenvalue weighted by molar-refractivity contribution is 5.77. The highest BCUT2D eigenvalue weighted by Gasteiger charge is 2.20. The summed E-state index contributed by atoms with van der Waals surface area (Å²) in [6.07, 6.45) is 2.62. The van der Waals surface area contributed by atoms with Crippen LogP contribution < -0.4 is 5.32 Å². The smallest absolute Gasteiger partial charge is 0.256 e. The molecule has 0 unspecified atom stereocenters. The average Bonchev–Trinajstić information content (AvgIpc) is 3.24. The fraction of sp³-hybridized carbons (Fsp3) is 0.318. The van der Waals surface area contributed by atoms with Crippen molar-refractivity contribution in [3.8, 4) is 22.6 Å². The summed E-state index contributed by atoms with van der Waals surface area (Å²) in [6, 6.07) is 9.37. The fourth-order valence-electron chi connectivity index (χ4n) is 3.43. The van der Waals surface area contributed by atoms with Gasteiger partial charge in [-0.1, -0.05) is 6.07 Å². The Balaban J connectivity index is 1.89. The lowest BCUT2D eigenvalue weighted by atomic mass is 10.1. The number of rotatable bonds is 5. The molecule has 4 rings (SSSR count). The Kier molecular flexibility index (Phi) is 5.01. The number of nitrogens with one attached hydrogen (secondary N) is 1. The number of nitrogens with zero attached hydrogens (tertiary/aromatic N) is 5. The standard InChI is InChI=1S/C22H24F2N6/c1-14-6-5-7-16(27-14)20-21(29(13-26-20)12-17(23)24)15-8-9-18-25-10-19(30(18)11-15)28-22(2,3)4/h5-11,13,17,28H,12H2,1-4H3. The van der Waals surface area contributed by atoms with Crippen LogP contribution in [0.5, 0.6) is 0 Å². The molecule has 0 radical (unpaired) electrons. The minimum atomic E-state index is -2.49. The van der Waals surface area contributed by atoms with Crippen LogP contribution in [0.2, 0.25) is 0 Å². The molecule has 156 valence electrons. The number of imidazole rings is 2. The average molecular weight is 410 g/mol. The molecular weight excluding hydrogens is 386 g/mol. The summed E-state index contributed by atoms with van der Waals surface area (Å²) in [5, 5.41) is 3.42. The van der Waals surface area contributed by atoms with Crippen molar-refractivity contribution in [3.63, 3.8) is 0 Å². The molecule has 6 nitrogen and oxygen atoms in total. The van der Waals surface area contributed by atoms with Crippen LogP contribution in [-0.2, 0) is 6.54 Å². The van der Waals surface area contributed by atoms with Gasteiger partial charge in [-0.3, -0.25) is 9.38 Å². The Labute approximate surface area is 173 Å². The van der Waals surface area contributed by atoms with Crippen LogP contribution in [-0.4, -0.2) is 35.9 Å². The largest absolute Gasteiger partial charge is 0.365 e. The molecule has 4 aromatic heterocycles. The second-order valence-corrected chi connectivity index (χ2v) is 8.31. The number of alkyl halides is 2. The van der Waals surface area contributed by atoms with Gasteiger partial charge in [-0.25, -0.2) is 18.7 Å². The van der Waals surface area contributed by atoms with E-state index < -0.39 is 13.0 Å². The molecule has 0 aliphatic carbocycles. The van der Waals surface area contributed by atoms with E-state index in [1.165, 1.54) is 10.9 Å². The summed E-state index contributed by atoms with van der Waals surface area (Å²) in [6.45, 7) is 7.64. The van der Waals surface area contributed by atoms with E-state index in [9.17, 15) is 8.78 Å². The first-order valence-electron chi connectivity index (χ1n) is 9.74. The molecule has 0 bridgehead atoms. The maximum Gasteiger partial charge on any atom is 0.256 e. The van der Waals surface area contributed by atoms with Gasteiger partial charge in [0.25, 0.3) is 6.43 Å². The summed E-state index contributed by atoms with van der Waals surface area (Å²) in [5.41, 5.74) is 4.03. The van der Waals surface area contributed by atoms with Crippen molar-refractivity contribution in [2.75, 3.05) is 5.32 Å². The van der Waals surface area contributed by atoms with Crippen LogP contribution in [0.1, 0.15) is 26.5 Å². The van der Waals surface area contributed by atoms with E-state index in [-0.39, 0.29) is 5.54 Å². The van der Waals surface area contributed by atoms with Crippen molar-refractivity contribution in [2.45, 2.75) is 46.2 Å². The predicted octanol–water partition coefficient (Wildman–Crippen LogP) is 5.04. The molecule has 0 aromatic carbocycles. The van der Waals surface area contributed by atoms with E-state index in [0.29, 0.717) is 17.1 Å². The van der Waals surface area contributed by atoms with Crippen LogP contribution in [0.3, 0.4) is 0 Å². The van der Waals surface area contributed by atoms with Crippen LogP contribution in [0.15, 0.2) is 49.1 Å². The van der Waals surface area contributed by atoms with E-state index in [1.807, 2.05) is 47.9 Å². The highest BCUT2D eigenvalue weighted by Crippen LogP contribution is 2.32. The Morgan fingerprint density at radius 1 is 1.10 bits per heavy atom. The number of fused-ring (bicyclic) bond motifs is 1. The Bertz CT molecular complexity index is 1190. The van der Waals surface area contributed by atoms with Crippen molar-refractivity contribution in [3.05, 3.63) is 54.7 Å². The minimum Gasteiger partial charge on any atom is -0.365 e. The molecule has 8 heteroatoms. The van der Waals surface area contributed by atoms with Gasteiger partial charge in [0.15, 0.2) is 0 Å². The van der Waals surface area contributed by atoms with Gasteiger partial charge in [-0.15, -0.1) is 0 Å². The van der Waals surface area contributed by atoms with Gasteiger partial charge in [-0.2, -0.15) is 0 Å². The van der Waals surface area contributed by atoms with Crippen molar-refractivity contribution in [1.29, 1.82) is 0 Å². The first kappa shape index (κ1) is 20.0. The molecule has 0 aliphatic heterocycles. The summed E-state index contributed by atoms with van der Waals surface area (Å²) < 4.78 is 29.9. The van der Waals surface area contributed by atoms with Crippen molar-refractivity contribution >= 4 is 11.5 Å². The molecule has 0 saturated carbocycles. The van der Waals surface area contributed by atoms with Crippen LogP contribution in [0.25, 0.3) is 28.3 Å². The number of pyridine rings is 2. The normalized spacial score (nSPS) is 12.1. The van der Waals surface area contributed by atoms with Gasteiger partial charge in [0.1, 0.15) is 17.2 Å². The van der Waals surface area contributed by atoms with E-state index in [0.717, 1.165) is 22.7 Å². The molecule has 0 spiro atoms. The Morgan fingerprint density at radius 3 is 2.60 bits per heavy atom. The van der Waals surface area contributed by atoms with Gasteiger partial charge >= 0.3 is 0 Å². The zero-order chi connectivity index (χ0) is 21.5. The Hall–Kier alpha value is -3.29. The molecule has 30 heavy (non-hydrogen) atoms.